The first-order valence-corrected chi connectivity index (χ1v) is 8.04. The summed E-state index contributed by atoms with van der Waals surface area (Å²) in [5, 5.41) is 0. The van der Waals surface area contributed by atoms with Crippen molar-refractivity contribution in [1.82, 2.24) is 0 Å². The summed E-state index contributed by atoms with van der Waals surface area (Å²) in [6.07, 6.45) is 1.90. The van der Waals surface area contributed by atoms with Gasteiger partial charge in [0, 0.05) is 11.5 Å². The highest BCUT2D eigenvalue weighted by atomic mass is 19.1. The van der Waals surface area contributed by atoms with Crippen molar-refractivity contribution in [2.45, 2.75) is 64.4 Å². The van der Waals surface area contributed by atoms with Crippen LogP contribution in [0.3, 0.4) is 0 Å². The Labute approximate surface area is 130 Å². The Hall–Kier alpha value is -1.00. The Morgan fingerprint density at radius 2 is 2.05 bits per heavy atom. The molecule has 2 fully saturated rings. The van der Waals surface area contributed by atoms with Gasteiger partial charge >= 0.3 is 0 Å². The quantitative estimate of drug-likeness (QED) is 0.817. The zero-order chi connectivity index (χ0) is 16.1. The number of fused-ring (bicyclic) bond motifs is 2. The molecule has 2 aliphatic rings. The van der Waals surface area contributed by atoms with Crippen LogP contribution < -0.4 is 0 Å². The van der Waals surface area contributed by atoms with Crippen molar-refractivity contribution >= 4 is 0 Å². The number of hydrogen-bond acceptors (Lipinski definition) is 2. The second kappa shape index (κ2) is 5.27. The highest BCUT2D eigenvalue weighted by Crippen LogP contribution is 2.58. The molecule has 0 saturated carbocycles. The standard InChI is InChI=1S/C18H24F2O2/c1-11(2)18-8-7-17(4,22-18)16(12(18)3)21-10-13-9-14(19)5-6-15(13)20/h5-6,9,11-12,16H,7-8,10H2,1-4H3/t12?,16-,17+,18+/m1/s1. The van der Waals surface area contributed by atoms with E-state index >= 15 is 0 Å². The zero-order valence-corrected chi connectivity index (χ0v) is 13.7. The first-order chi connectivity index (χ1) is 10.3. The first-order valence-electron chi connectivity index (χ1n) is 8.04. The fraction of sp³-hybridized carbons (Fsp3) is 0.667. The van der Waals surface area contributed by atoms with E-state index < -0.39 is 11.6 Å². The highest BCUT2D eigenvalue weighted by molar-refractivity contribution is 5.19. The minimum absolute atomic E-state index is 0.0751. The van der Waals surface area contributed by atoms with Crippen LogP contribution in [-0.2, 0) is 16.1 Å². The first kappa shape index (κ1) is 15.9. The second-order valence-corrected chi connectivity index (χ2v) is 7.28. The van der Waals surface area contributed by atoms with Crippen LogP contribution in [0.15, 0.2) is 18.2 Å². The predicted octanol–water partition coefficient (Wildman–Crippen LogP) is 4.46. The van der Waals surface area contributed by atoms with Gasteiger partial charge in [-0.15, -0.1) is 0 Å². The van der Waals surface area contributed by atoms with Crippen LogP contribution in [0.4, 0.5) is 8.78 Å². The molecule has 0 N–H and O–H groups in total. The summed E-state index contributed by atoms with van der Waals surface area (Å²) in [5.74, 6) is -0.226. The number of benzene rings is 1. The van der Waals surface area contributed by atoms with E-state index in [0.29, 0.717) is 5.92 Å². The van der Waals surface area contributed by atoms with Gasteiger partial charge in [-0.05, 0) is 43.9 Å². The Morgan fingerprint density at radius 1 is 1.32 bits per heavy atom. The molecule has 4 atom stereocenters. The molecule has 1 aromatic carbocycles. The third-order valence-electron chi connectivity index (χ3n) is 5.67. The lowest BCUT2D eigenvalue weighted by molar-refractivity contribution is -0.0963. The number of rotatable bonds is 4. The molecule has 2 saturated heterocycles. The molecule has 3 rings (SSSR count). The average Bonchev–Trinajstić information content (AvgIpc) is 2.91. The van der Waals surface area contributed by atoms with Crippen LogP contribution in [0, 0.1) is 23.5 Å². The van der Waals surface area contributed by atoms with Gasteiger partial charge in [0.2, 0.25) is 0 Å². The van der Waals surface area contributed by atoms with E-state index in [1.807, 2.05) is 0 Å². The van der Waals surface area contributed by atoms with E-state index in [0.717, 1.165) is 25.0 Å². The lowest BCUT2D eigenvalue weighted by Gasteiger charge is -2.38. The number of halogens is 2. The van der Waals surface area contributed by atoms with Crippen LogP contribution in [0.5, 0.6) is 0 Å². The molecule has 0 spiro atoms. The molecular weight excluding hydrogens is 286 g/mol. The minimum Gasteiger partial charge on any atom is -0.370 e. The Balaban J connectivity index is 1.77. The third-order valence-corrected chi connectivity index (χ3v) is 5.67. The fourth-order valence-corrected chi connectivity index (χ4v) is 4.37. The van der Waals surface area contributed by atoms with Gasteiger partial charge in [-0.1, -0.05) is 20.8 Å². The van der Waals surface area contributed by atoms with E-state index in [-0.39, 0.29) is 35.4 Å². The van der Waals surface area contributed by atoms with Gasteiger partial charge in [0.15, 0.2) is 0 Å². The van der Waals surface area contributed by atoms with Gasteiger partial charge in [-0.25, -0.2) is 8.78 Å². The predicted molar refractivity (Wildman–Crippen MR) is 80.4 cm³/mol. The number of ether oxygens (including phenoxy) is 2. The summed E-state index contributed by atoms with van der Waals surface area (Å²) in [6.45, 7) is 8.66. The molecule has 4 heteroatoms. The molecule has 2 bridgehead atoms. The fourth-order valence-electron chi connectivity index (χ4n) is 4.37. The van der Waals surface area contributed by atoms with Crippen molar-refractivity contribution in [2.75, 3.05) is 0 Å². The smallest absolute Gasteiger partial charge is 0.128 e. The largest absolute Gasteiger partial charge is 0.370 e. The van der Waals surface area contributed by atoms with Gasteiger partial charge in [0.25, 0.3) is 0 Å². The normalized spacial score (nSPS) is 37.2. The van der Waals surface area contributed by atoms with Crippen molar-refractivity contribution in [3.63, 3.8) is 0 Å². The van der Waals surface area contributed by atoms with Gasteiger partial charge < -0.3 is 9.47 Å². The lowest BCUT2D eigenvalue weighted by atomic mass is 9.69. The maximum atomic E-state index is 13.7. The monoisotopic (exact) mass is 310 g/mol. The molecule has 122 valence electrons. The topological polar surface area (TPSA) is 18.5 Å². The van der Waals surface area contributed by atoms with E-state index in [2.05, 4.69) is 27.7 Å². The van der Waals surface area contributed by atoms with E-state index in [9.17, 15) is 8.78 Å². The van der Waals surface area contributed by atoms with Crippen molar-refractivity contribution in [3.8, 4) is 0 Å². The Bertz CT molecular complexity index is 574. The van der Waals surface area contributed by atoms with Gasteiger partial charge in [0.05, 0.1) is 23.9 Å². The molecule has 1 aromatic rings. The van der Waals surface area contributed by atoms with E-state index in [4.69, 9.17) is 9.47 Å². The zero-order valence-electron chi connectivity index (χ0n) is 13.7. The Kier molecular flexibility index (Phi) is 3.81. The molecule has 2 aliphatic heterocycles. The van der Waals surface area contributed by atoms with Gasteiger partial charge in [0.1, 0.15) is 11.6 Å². The third kappa shape index (κ3) is 2.28. The van der Waals surface area contributed by atoms with Gasteiger partial charge in [-0.3, -0.25) is 0 Å². The summed E-state index contributed by atoms with van der Waals surface area (Å²) in [6, 6.07) is 3.47. The molecule has 2 heterocycles. The van der Waals surface area contributed by atoms with Crippen LogP contribution in [0.1, 0.15) is 46.1 Å². The summed E-state index contributed by atoms with van der Waals surface area (Å²) >= 11 is 0. The molecule has 22 heavy (non-hydrogen) atoms. The Morgan fingerprint density at radius 3 is 2.68 bits per heavy atom. The van der Waals surface area contributed by atoms with Crippen molar-refractivity contribution in [2.24, 2.45) is 11.8 Å². The minimum atomic E-state index is -0.442. The van der Waals surface area contributed by atoms with Crippen molar-refractivity contribution in [3.05, 3.63) is 35.4 Å². The van der Waals surface area contributed by atoms with Crippen LogP contribution in [0.2, 0.25) is 0 Å². The molecule has 0 radical (unpaired) electrons. The SMILES string of the molecule is CC(C)[C@]12CC[C@](C)(O1)[C@H](OCc1cc(F)ccc1F)C2C. The lowest BCUT2D eigenvalue weighted by Crippen LogP contribution is -2.46. The number of hydrogen-bond donors (Lipinski definition) is 0. The van der Waals surface area contributed by atoms with E-state index in [1.54, 1.807) is 0 Å². The summed E-state index contributed by atoms with van der Waals surface area (Å²) in [4.78, 5) is 0. The second-order valence-electron chi connectivity index (χ2n) is 7.28. The average molecular weight is 310 g/mol. The molecule has 2 nitrogen and oxygen atoms in total. The molecule has 0 amide bonds. The van der Waals surface area contributed by atoms with Crippen molar-refractivity contribution < 1.29 is 18.3 Å². The molecule has 0 aromatic heterocycles. The van der Waals surface area contributed by atoms with Crippen LogP contribution in [-0.4, -0.2) is 17.3 Å². The maximum absolute atomic E-state index is 13.7. The van der Waals surface area contributed by atoms with Crippen LogP contribution in [0.25, 0.3) is 0 Å². The van der Waals surface area contributed by atoms with E-state index in [1.165, 1.54) is 6.07 Å². The summed E-state index contributed by atoms with van der Waals surface area (Å²) < 4.78 is 39.4. The van der Waals surface area contributed by atoms with Gasteiger partial charge in [-0.2, -0.15) is 0 Å². The van der Waals surface area contributed by atoms with Crippen LogP contribution >= 0.6 is 0 Å². The maximum Gasteiger partial charge on any atom is 0.128 e. The molecular formula is C18H24F2O2. The highest BCUT2D eigenvalue weighted by Gasteiger charge is 2.65. The molecule has 0 aliphatic carbocycles. The summed E-state index contributed by atoms with van der Waals surface area (Å²) in [7, 11) is 0. The summed E-state index contributed by atoms with van der Waals surface area (Å²) in [5.41, 5.74) is -0.218. The van der Waals surface area contributed by atoms with Crippen molar-refractivity contribution in [1.29, 1.82) is 0 Å². The molecule has 1 unspecified atom stereocenters.